The minimum atomic E-state index is -0.271. The number of carbonyl (C=O) groups is 2. The lowest BCUT2D eigenvalue weighted by Crippen LogP contribution is -2.41. The van der Waals surface area contributed by atoms with Gasteiger partial charge < -0.3 is 5.32 Å². The van der Waals surface area contributed by atoms with E-state index in [9.17, 15) is 9.59 Å². The molecule has 0 atom stereocenters. The first kappa shape index (κ1) is 13.0. The van der Waals surface area contributed by atoms with Crippen molar-refractivity contribution in [1.82, 2.24) is 15.1 Å². The molecule has 2 heterocycles. The summed E-state index contributed by atoms with van der Waals surface area (Å²) in [5.41, 5.74) is 0. The van der Waals surface area contributed by atoms with Gasteiger partial charge in [0.15, 0.2) is 0 Å². The molecule has 1 aliphatic rings. The standard InChI is InChI=1S/C12H17N3O2S/c1-2-14(8-10-4-3-7-18-10)9-11(16)15-6-5-13-12(15)17/h3-4,7H,2,5-6,8-9H2,1H3,(H,13,17). The van der Waals surface area contributed by atoms with Crippen molar-refractivity contribution in [2.45, 2.75) is 13.5 Å². The monoisotopic (exact) mass is 267 g/mol. The van der Waals surface area contributed by atoms with Crippen molar-refractivity contribution >= 4 is 23.3 Å². The lowest BCUT2D eigenvalue weighted by Gasteiger charge is -2.21. The molecule has 1 aromatic heterocycles. The Morgan fingerprint density at radius 3 is 3.00 bits per heavy atom. The zero-order valence-electron chi connectivity index (χ0n) is 10.4. The van der Waals surface area contributed by atoms with Crippen LogP contribution in [0.5, 0.6) is 0 Å². The van der Waals surface area contributed by atoms with Gasteiger partial charge in [-0.1, -0.05) is 13.0 Å². The molecule has 1 saturated heterocycles. The predicted molar refractivity (Wildman–Crippen MR) is 70.4 cm³/mol. The average molecular weight is 267 g/mol. The minimum absolute atomic E-state index is 0.122. The molecule has 98 valence electrons. The van der Waals surface area contributed by atoms with Gasteiger partial charge in [-0.05, 0) is 18.0 Å². The summed E-state index contributed by atoms with van der Waals surface area (Å²) in [6.45, 7) is 4.90. The van der Waals surface area contributed by atoms with Crippen LogP contribution < -0.4 is 5.32 Å². The Labute approximate surface area is 110 Å². The number of urea groups is 1. The van der Waals surface area contributed by atoms with E-state index >= 15 is 0 Å². The van der Waals surface area contributed by atoms with Gasteiger partial charge in [-0.2, -0.15) is 0 Å². The number of rotatable bonds is 5. The van der Waals surface area contributed by atoms with Gasteiger partial charge in [0.05, 0.1) is 6.54 Å². The number of nitrogens with one attached hydrogen (secondary N) is 1. The van der Waals surface area contributed by atoms with Crippen molar-refractivity contribution in [1.29, 1.82) is 0 Å². The van der Waals surface area contributed by atoms with E-state index in [-0.39, 0.29) is 11.9 Å². The first-order valence-electron chi connectivity index (χ1n) is 6.03. The Morgan fingerprint density at radius 2 is 2.44 bits per heavy atom. The topological polar surface area (TPSA) is 52.7 Å². The van der Waals surface area contributed by atoms with Crippen LogP contribution in [0.25, 0.3) is 0 Å². The Hall–Kier alpha value is -1.40. The van der Waals surface area contributed by atoms with E-state index in [2.05, 4.69) is 11.4 Å². The molecule has 2 rings (SSSR count). The van der Waals surface area contributed by atoms with Crippen molar-refractivity contribution in [2.24, 2.45) is 0 Å². The maximum atomic E-state index is 12.0. The molecule has 0 bridgehead atoms. The third-order valence-corrected chi connectivity index (χ3v) is 3.78. The number of thiophene rings is 1. The normalized spacial score (nSPS) is 15.2. The quantitative estimate of drug-likeness (QED) is 0.870. The molecule has 0 aliphatic carbocycles. The summed E-state index contributed by atoms with van der Waals surface area (Å²) in [5.74, 6) is -0.122. The number of nitrogens with zero attached hydrogens (tertiary/aromatic N) is 2. The summed E-state index contributed by atoms with van der Waals surface area (Å²) in [4.78, 5) is 27.9. The summed E-state index contributed by atoms with van der Waals surface area (Å²) in [7, 11) is 0. The number of hydrogen-bond donors (Lipinski definition) is 1. The van der Waals surface area contributed by atoms with Gasteiger partial charge in [0, 0.05) is 24.5 Å². The lowest BCUT2D eigenvalue weighted by atomic mass is 10.3. The van der Waals surface area contributed by atoms with Crippen LogP contribution in [0.2, 0.25) is 0 Å². The second-order valence-electron chi connectivity index (χ2n) is 4.16. The van der Waals surface area contributed by atoms with Gasteiger partial charge >= 0.3 is 6.03 Å². The van der Waals surface area contributed by atoms with Crippen LogP contribution in [-0.4, -0.2) is 47.9 Å². The average Bonchev–Trinajstić information content (AvgIpc) is 2.99. The van der Waals surface area contributed by atoms with Crippen molar-refractivity contribution in [3.8, 4) is 0 Å². The molecule has 0 unspecified atom stereocenters. The fraction of sp³-hybridized carbons (Fsp3) is 0.500. The number of imide groups is 1. The largest absolute Gasteiger partial charge is 0.336 e. The third-order valence-electron chi connectivity index (χ3n) is 2.92. The molecule has 0 radical (unpaired) electrons. The van der Waals surface area contributed by atoms with E-state index in [1.807, 2.05) is 23.3 Å². The van der Waals surface area contributed by atoms with Gasteiger partial charge in [-0.3, -0.25) is 14.6 Å². The van der Waals surface area contributed by atoms with E-state index in [1.165, 1.54) is 9.78 Å². The van der Waals surface area contributed by atoms with Gasteiger partial charge in [0.25, 0.3) is 0 Å². The highest BCUT2D eigenvalue weighted by molar-refractivity contribution is 7.09. The Bertz CT molecular complexity index is 419. The van der Waals surface area contributed by atoms with Crippen LogP contribution in [0.1, 0.15) is 11.8 Å². The molecule has 1 N–H and O–H groups in total. The van der Waals surface area contributed by atoms with E-state index in [0.717, 1.165) is 13.1 Å². The van der Waals surface area contributed by atoms with Crippen LogP contribution in [0.4, 0.5) is 4.79 Å². The zero-order chi connectivity index (χ0) is 13.0. The molecule has 1 fully saturated rings. The molecule has 18 heavy (non-hydrogen) atoms. The maximum absolute atomic E-state index is 12.0. The third kappa shape index (κ3) is 3.08. The van der Waals surface area contributed by atoms with Gasteiger partial charge in [0.1, 0.15) is 0 Å². The lowest BCUT2D eigenvalue weighted by molar-refractivity contribution is -0.128. The highest BCUT2D eigenvalue weighted by Gasteiger charge is 2.26. The van der Waals surface area contributed by atoms with Crippen LogP contribution in [0, 0.1) is 0 Å². The summed E-state index contributed by atoms with van der Waals surface area (Å²) in [6, 6.07) is 3.79. The van der Waals surface area contributed by atoms with Gasteiger partial charge in [0.2, 0.25) is 5.91 Å². The Balaban J connectivity index is 1.89. The SMILES string of the molecule is CCN(CC(=O)N1CCNC1=O)Cc1cccs1. The van der Waals surface area contributed by atoms with E-state index in [1.54, 1.807) is 11.3 Å². The number of hydrogen-bond acceptors (Lipinski definition) is 4. The fourth-order valence-electron chi connectivity index (χ4n) is 1.89. The van der Waals surface area contributed by atoms with Crippen LogP contribution in [-0.2, 0) is 11.3 Å². The van der Waals surface area contributed by atoms with Crippen molar-refractivity contribution in [3.63, 3.8) is 0 Å². The van der Waals surface area contributed by atoms with Gasteiger partial charge in [-0.25, -0.2) is 4.79 Å². The summed E-state index contributed by atoms with van der Waals surface area (Å²) in [6.07, 6.45) is 0. The van der Waals surface area contributed by atoms with E-state index in [0.29, 0.717) is 19.6 Å². The van der Waals surface area contributed by atoms with E-state index < -0.39 is 0 Å². The van der Waals surface area contributed by atoms with Gasteiger partial charge in [-0.15, -0.1) is 11.3 Å². The van der Waals surface area contributed by atoms with Crippen LogP contribution in [0.15, 0.2) is 17.5 Å². The molecule has 3 amide bonds. The molecular formula is C12H17N3O2S. The molecule has 0 spiro atoms. The fourth-order valence-corrected chi connectivity index (χ4v) is 2.63. The van der Waals surface area contributed by atoms with Crippen LogP contribution >= 0.6 is 11.3 Å². The second kappa shape index (κ2) is 5.97. The molecule has 0 aromatic carbocycles. The minimum Gasteiger partial charge on any atom is -0.336 e. The van der Waals surface area contributed by atoms with E-state index in [4.69, 9.17) is 0 Å². The number of carbonyl (C=O) groups excluding carboxylic acids is 2. The molecule has 6 heteroatoms. The number of likely N-dealkylation sites (N-methyl/N-ethyl adjacent to an activating group) is 1. The van der Waals surface area contributed by atoms with Crippen molar-refractivity contribution < 1.29 is 9.59 Å². The highest BCUT2D eigenvalue weighted by Crippen LogP contribution is 2.12. The molecular weight excluding hydrogens is 250 g/mol. The second-order valence-corrected chi connectivity index (χ2v) is 5.19. The first-order chi connectivity index (χ1) is 8.70. The maximum Gasteiger partial charge on any atom is 0.324 e. The van der Waals surface area contributed by atoms with Crippen molar-refractivity contribution in [2.75, 3.05) is 26.2 Å². The smallest absolute Gasteiger partial charge is 0.324 e. The van der Waals surface area contributed by atoms with Crippen LogP contribution in [0.3, 0.4) is 0 Å². The number of amides is 3. The molecule has 1 aliphatic heterocycles. The predicted octanol–water partition coefficient (Wildman–Crippen LogP) is 1.12. The first-order valence-corrected chi connectivity index (χ1v) is 6.91. The summed E-state index contributed by atoms with van der Waals surface area (Å²) < 4.78 is 0. The summed E-state index contributed by atoms with van der Waals surface area (Å²) >= 11 is 1.68. The highest BCUT2D eigenvalue weighted by atomic mass is 32.1. The zero-order valence-corrected chi connectivity index (χ0v) is 11.2. The Morgan fingerprint density at radius 1 is 1.61 bits per heavy atom. The summed E-state index contributed by atoms with van der Waals surface area (Å²) in [5, 5.41) is 4.66. The van der Waals surface area contributed by atoms with Crippen molar-refractivity contribution in [3.05, 3.63) is 22.4 Å². The molecule has 0 saturated carbocycles. The Kier molecular flexibility index (Phi) is 4.33. The molecule has 1 aromatic rings. The molecule has 5 nitrogen and oxygen atoms in total.